The third kappa shape index (κ3) is 5.74. The first-order valence-electron chi connectivity index (χ1n) is 13.4. The van der Waals surface area contributed by atoms with Crippen molar-refractivity contribution in [2.24, 2.45) is 0 Å². The number of aliphatic hydroxyl groups is 6. The van der Waals surface area contributed by atoms with Crippen LogP contribution in [0.15, 0.2) is 34.7 Å². The SMILES string of the molecule is COc1cc(-c2[o+]c3cc(O)cc(O)c3cc2O[C@@H]2O[C@H](CO)[C@@H](O)[C@H](O)[C@H]2O[C@@H]2O[C@@H](C)[C@H](O)[C@@H](O)[C@H]2O)cc(O)c1O. The van der Waals surface area contributed by atoms with Crippen molar-refractivity contribution in [2.75, 3.05) is 13.7 Å². The lowest BCUT2D eigenvalue weighted by atomic mass is 9.97. The molecule has 2 fully saturated rings. The average molecular weight is 626 g/mol. The maximum Gasteiger partial charge on any atom is 0.402 e. The highest BCUT2D eigenvalue weighted by Gasteiger charge is 2.51. The summed E-state index contributed by atoms with van der Waals surface area (Å²) in [6.07, 6.45) is -16.0. The van der Waals surface area contributed by atoms with E-state index in [2.05, 4.69) is 0 Å². The lowest BCUT2D eigenvalue weighted by Gasteiger charge is -2.45. The normalized spacial score (nSPS) is 32.5. The first kappa shape index (κ1) is 31.7. The summed E-state index contributed by atoms with van der Waals surface area (Å²) in [5.74, 6) is -2.52. The molecule has 1 aromatic heterocycles. The fourth-order valence-corrected chi connectivity index (χ4v) is 5.05. The minimum absolute atomic E-state index is 0.0288. The van der Waals surface area contributed by atoms with Gasteiger partial charge in [-0.2, -0.15) is 0 Å². The van der Waals surface area contributed by atoms with Crippen molar-refractivity contribution in [1.29, 1.82) is 0 Å². The van der Waals surface area contributed by atoms with E-state index in [0.717, 1.165) is 12.1 Å². The first-order valence-corrected chi connectivity index (χ1v) is 13.4. The van der Waals surface area contributed by atoms with E-state index in [-0.39, 0.29) is 39.5 Å². The maximum absolute atomic E-state index is 11.0. The summed E-state index contributed by atoms with van der Waals surface area (Å²) in [4.78, 5) is 0. The third-order valence-corrected chi connectivity index (χ3v) is 7.52. The van der Waals surface area contributed by atoms with Crippen LogP contribution < -0.4 is 9.47 Å². The van der Waals surface area contributed by atoms with Gasteiger partial charge < -0.3 is 74.7 Å². The second-order valence-corrected chi connectivity index (χ2v) is 10.5. The lowest BCUT2D eigenvalue weighted by Crippen LogP contribution is -2.64. The molecule has 16 nitrogen and oxygen atoms in total. The highest BCUT2D eigenvalue weighted by Crippen LogP contribution is 2.45. The van der Waals surface area contributed by atoms with Crippen molar-refractivity contribution < 1.29 is 79.2 Å². The summed E-state index contributed by atoms with van der Waals surface area (Å²) in [7, 11) is 1.24. The van der Waals surface area contributed by atoms with Gasteiger partial charge in [0.2, 0.25) is 17.8 Å². The van der Waals surface area contributed by atoms with Crippen molar-refractivity contribution in [3.8, 4) is 45.8 Å². The Labute approximate surface area is 248 Å². The minimum atomic E-state index is -1.83. The number of benzene rings is 2. The molecule has 10 N–H and O–H groups in total. The highest BCUT2D eigenvalue weighted by atomic mass is 16.8. The second kappa shape index (κ2) is 12.4. The minimum Gasteiger partial charge on any atom is -0.507 e. The van der Waals surface area contributed by atoms with Crippen LogP contribution >= 0.6 is 0 Å². The number of methoxy groups -OCH3 is 1. The molecule has 0 bridgehead atoms. The Morgan fingerprint density at radius 3 is 2.18 bits per heavy atom. The summed E-state index contributed by atoms with van der Waals surface area (Å²) in [5.41, 5.74) is 0.0131. The Hall–Kier alpha value is -3.71. The molecule has 0 aliphatic carbocycles. The van der Waals surface area contributed by atoms with Gasteiger partial charge in [0.25, 0.3) is 0 Å². The summed E-state index contributed by atoms with van der Waals surface area (Å²) in [6.45, 7) is 0.635. The van der Waals surface area contributed by atoms with Crippen molar-refractivity contribution in [1.82, 2.24) is 0 Å². The van der Waals surface area contributed by atoms with Crippen LogP contribution in [-0.4, -0.2) is 126 Å². The largest absolute Gasteiger partial charge is 0.507 e. The van der Waals surface area contributed by atoms with Crippen LogP contribution in [-0.2, 0) is 14.2 Å². The van der Waals surface area contributed by atoms with Crippen LogP contribution in [0, 0.1) is 0 Å². The third-order valence-electron chi connectivity index (χ3n) is 7.52. The maximum atomic E-state index is 11.0. The number of rotatable bonds is 7. The highest BCUT2D eigenvalue weighted by molar-refractivity contribution is 5.88. The van der Waals surface area contributed by atoms with Gasteiger partial charge in [0, 0.05) is 24.3 Å². The molecule has 5 rings (SSSR count). The van der Waals surface area contributed by atoms with Crippen LogP contribution in [0.1, 0.15) is 6.92 Å². The molecule has 44 heavy (non-hydrogen) atoms. The smallest absolute Gasteiger partial charge is 0.402 e. The Morgan fingerprint density at radius 2 is 1.50 bits per heavy atom. The van der Waals surface area contributed by atoms with Crippen LogP contribution in [0.5, 0.6) is 34.5 Å². The van der Waals surface area contributed by atoms with E-state index in [0.29, 0.717) is 0 Å². The fourth-order valence-electron chi connectivity index (χ4n) is 5.05. The topological polar surface area (TPSA) is 260 Å². The number of aromatic hydroxyl groups is 4. The van der Waals surface area contributed by atoms with E-state index in [1.807, 2.05) is 0 Å². The zero-order valence-corrected chi connectivity index (χ0v) is 23.3. The molecule has 3 aromatic rings. The zero-order valence-electron chi connectivity index (χ0n) is 23.3. The predicted molar refractivity (Wildman–Crippen MR) is 145 cm³/mol. The van der Waals surface area contributed by atoms with Gasteiger partial charge in [0.15, 0.2) is 23.9 Å². The molecule has 0 spiro atoms. The summed E-state index contributed by atoms with van der Waals surface area (Å²) in [6, 6.07) is 5.86. The number of hydrogen-bond donors (Lipinski definition) is 10. The number of phenols is 4. The molecule has 10 atom stereocenters. The van der Waals surface area contributed by atoms with E-state index in [4.69, 9.17) is 28.1 Å². The van der Waals surface area contributed by atoms with Crippen LogP contribution in [0.3, 0.4) is 0 Å². The summed E-state index contributed by atoms with van der Waals surface area (Å²) >= 11 is 0. The second-order valence-electron chi connectivity index (χ2n) is 10.5. The number of fused-ring (bicyclic) bond motifs is 1. The molecule has 2 aliphatic rings. The summed E-state index contributed by atoms with van der Waals surface area (Å²) < 4.78 is 34.0. The molecule has 0 radical (unpaired) electrons. The zero-order chi connectivity index (χ0) is 32.0. The van der Waals surface area contributed by atoms with E-state index in [9.17, 15) is 51.1 Å². The Balaban J connectivity index is 1.60. The van der Waals surface area contributed by atoms with Gasteiger partial charge in [-0.15, -0.1) is 0 Å². The monoisotopic (exact) mass is 625 g/mol. The van der Waals surface area contributed by atoms with E-state index in [1.165, 1.54) is 32.2 Å². The molecule has 0 unspecified atom stereocenters. The molecular weight excluding hydrogens is 592 g/mol. The summed E-state index contributed by atoms with van der Waals surface area (Å²) in [5, 5.41) is 103. The van der Waals surface area contributed by atoms with Gasteiger partial charge in [-0.3, -0.25) is 0 Å². The lowest BCUT2D eigenvalue weighted by molar-refractivity contribution is -0.354. The van der Waals surface area contributed by atoms with Gasteiger partial charge in [0.05, 0.1) is 31.5 Å². The number of hydrogen-bond acceptors (Lipinski definition) is 15. The van der Waals surface area contributed by atoms with Gasteiger partial charge in [-0.25, -0.2) is 4.42 Å². The molecular formula is C28H33O16+. The quantitative estimate of drug-likeness (QED) is 0.114. The molecule has 2 saturated heterocycles. The molecule has 2 aromatic carbocycles. The molecule has 3 heterocycles. The first-order chi connectivity index (χ1) is 20.8. The Morgan fingerprint density at radius 1 is 0.773 bits per heavy atom. The predicted octanol–water partition coefficient (Wildman–Crippen LogP) is -0.758. The number of aliphatic hydroxyl groups excluding tert-OH is 6. The number of ether oxygens (including phenoxy) is 5. The molecule has 0 amide bonds. The van der Waals surface area contributed by atoms with Crippen molar-refractivity contribution in [2.45, 2.75) is 68.3 Å². The molecule has 2 aliphatic heterocycles. The van der Waals surface area contributed by atoms with E-state index in [1.54, 1.807) is 0 Å². The van der Waals surface area contributed by atoms with Gasteiger partial charge in [0.1, 0.15) is 53.5 Å². The van der Waals surface area contributed by atoms with Crippen LogP contribution in [0.4, 0.5) is 0 Å². The van der Waals surface area contributed by atoms with Gasteiger partial charge in [-0.05, 0) is 6.92 Å². The molecule has 240 valence electrons. The van der Waals surface area contributed by atoms with Crippen molar-refractivity contribution in [3.05, 3.63) is 30.3 Å². The molecule has 0 saturated carbocycles. The van der Waals surface area contributed by atoms with Gasteiger partial charge in [-0.1, -0.05) is 0 Å². The Kier molecular flexibility index (Phi) is 8.90. The van der Waals surface area contributed by atoms with Crippen LogP contribution in [0.25, 0.3) is 22.3 Å². The number of phenolic OH excluding ortho intramolecular Hbond substituents is 4. The molecule has 16 heteroatoms. The van der Waals surface area contributed by atoms with E-state index < -0.39 is 85.3 Å². The van der Waals surface area contributed by atoms with Crippen molar-refractivity contribution in [3.63, 3.8) is 0 Å². The standard InChI is InChI=1S/C28H32O16/c1-9-19(33)22(36)24(38)27(40-9)44-26-23(37)21(35)18(8-29)43-28(26)42-17-7-12-13(31)5-11(30)6-15(12)41-25(17)10-3-14(32)20(34)16(4-10)39-2/h3-7,9,18-19,21-24,26-29,33,35-38H,8H2,1-2H3,(H3-,30,31,32,34)/p+1/t9-,18+,19-,21+,22+,23-,24+,26+,27-,28+/m0/s1. The van der Waals surface area contributed by atoms with Gasteiger partial charge >= 0.3 is 11.3 Å². The van der Waals surface area contributed by atoms with E-state index >= 15 is 0 Å². The Bertz CT molecular complexity index is 1500. The van der Waals surface area contributed by atoms with Crippen molar-refractivity contribution >= 4 is 11.0 Å². The average Bonchev–Trinajstić information content (AvgIpc) is 2.99. The fraction of sp³-hybridized carbons (Fsp3) is 0.464. The van der Waals surface area contributed by atoms with Crippen LogP contribution in [0.2, 0.25) is 0 Å².